The highest BCUT2D eigenvalue weighted by Gasteiger charge is 2.15. The van der Waals surface area contributed by atoms with Gasteiger partial charge in [0.05, 0.1) is 6.10 Å². The first-order valence-corrected chi connectivity index (χ1v) is 8.00. The lowest BCUT2D eigenvalue weighted by molar-refractivity contribution is -0.121. The van der Waals surface area contributed by atoms with Crippen molar-refractivity contribution < 1.29 is 9.53 Å². The summed E-state index contributed by atoms with van der Waals surface area (Å²) in [5.41, 5.74) is 1.31. The molecule has 4 heteroatoms. The molecule has 1 amide bonds. The Labute approximate surface area is 119 Å². The number of thioether (sulfide) groups is 1. The summed E-state index contributed by atoms with van der Waals surface area (Å²) >= 11 is 1.80. The van der Waals surface area contributed by atoms with E-state index in [1.165, 1.54) is 5.56 Å². The van der Waals surface area contributed by atoms with Gasteiger partial charge in [-0.2, -0.15) is 11.8 Å². The zero-order valence-electron chi connectivity index (χ0n) is 11.1. The van der Waals surface area contributed by atoms with Crippen molar-refractivity contribution in [3.8, 4) is 0 Å². The summed E-state index contributed by atoms with van der Waals surface area (Å²) in [6.45, 7) is 1.51. The summed E-state index contributed by atoms with van der Waals surface area (Å²) in [6, 6.07) is 10.3. The predicted molar refractivity (Wildman–Crippen MR) is 79.2 cm³/mol. The highest BCUT2D eigenvalue weighted by atomic mass is 32.2. The lowest BCUT2D eigenvalue weighted by atomic mass is 10.2. The second-order valence-corrected chi connectivity index (χ2v) is 5.83. The molecule has 0 spiro atoms. The second kappa shape index (κ2) is 8.23. The first kappa shape index (κ1) is 14.4. The van der Waals surface area contributed by atoms with E-state index in [1.54, 1.807) is 11.8 Å². The Kier molecular flexibility index (Phi) is 6.24. The first-order chi connectivity index (χ1) is 9.34. The Morgan fingerprint density at radius 1 is 1.37 bits per heavy atom. The number of benzene rings is 1. The molecule has 1 heterocycles. The molecule has 1 N–H and O–H groups in total. The summed E-state index contributed by atoms with van der Waals surface area (Å²) in [5.74, 6) is 1.97. The van der Waals surface area contributed by atoms with E-state index in [0.717, 1.165) is 31.0 Å². The third-order valence-corrected chi connectivity index (χ3v) is 4.17. The molecule has 1 aromatic carbocycles. The van der Waals surface area contributed by atoms with E-state index >= 15 is 0 Å². The average Bonchev–Trinajstić information content (AvgIpc) is 2.96. The van der Waals surface area contributed by atoms with Crippen LogP contribution < -0.4 is 5.32 Å². The zero-order chi connectivity index (χ0) is 13.3. The zero-order valence-corrected chi connectivity index (χ0v) is 12.0. The molecular weight excluding hydrogens is 258 g/mol. The average molecular weight is 279 g/mol. The smallest absolute Gasteiger partial charge is 0.220 e. The fourth-order valence-corrected chi connectivity index (χ4v) is 2.95. The number of ether oxygens (including phenoxy) is 1. The van der Waals surface area contributed by atoms with Gasteiger partial charge in [0.1, 0.15) is 0 Å². The van der Waals surface area contributed by atoms with E-state index in [9.17, 15) is 4.79 Å². The van der Waals surface area contributed by atoms with Gasteiger partial charge in [0.25, 0.3) is 0 Å². The van der Waals surface area contributed by atoms with Crippen molar-refractivity contribution in [2.45, 2.75) is 31.1 Å². The van der Waals surface area contributed by atoms with Crippen molar-refractivity contribution >= 4 is 17.7 Å². The van der Waals surface area contributed by atoms with Gasteiger partial charge in [-0.3, -0.25) is 4.79 Å². The molecule has 104 valence electrons. The van der Waals surface area contributed by atoms with Crippen molar-refractivity contribution in [2.24, 2.45) is 0 Å². The minimum atomic E-state index is 0.135. The van der Waals surface area contributed by atoms with Crippen molar-refractivity contribution in [3.05, 3.63) is 35.9 Å². The normalized spacial score (nSPS) is 18.4. The maximum absolute atomic E-state index is 11.6. The molecule has 0 unspecified atom stereocenters. The van der Waals surface area contributed by atoms with Crippen LogP contribution >= 0.6 is 11.8 Å². The van der Waals surface area contributed by atoms with Gasteiger partial charge in [-0.25, -0.2) is 0 Å². The molecule has 1 fully saturated rings. The van der Waals surface area contributed by atoms with Crippen LogP contribution in [0.3, 0.4) is 0 Å². The molecule has 19 heavy (non-hydrogen) atoms. The molecule has 0 radical (unpaired) electrons. The van der Waals surface area contributed by atoms with E-state index in [2.05, 4.69) is 17.4 Å². The van der Waals surface area contributed by atoms with Crippen LogP contribution in [-0.4, -0.2) is 30.9 Å². The Bertz CT molecular complexity index is 377. The van der Waals surface area contributed by atoms with Crippen LogP contribution in [0.15, 0.2) is 30.3 Å². The number of amides is 1. The molecule has 0 saturated carbocycles. The van der Waals surface area contributed by atoms with E-state index in [0.29, 0.717) is 13.0 Å². The topological polar surface area (TPSA) is 38.3 Å². The maximum atomic E-state index is 11.6. The summed E-state index contributed by atoms with van der Waals surface area (Å²) in [7, 11) is 0. The maximum Gasteiger partial charge on any atom is 0.220 e. The molecule has 1 saturated heterocycles. The predicted octanol–water partition coefficient (Wildman–Crippen LogP) is 2.61. The third kappa shape index (κ3) is 5.66. The Hall–Kier alpha value is -1.00. The van der Waals surface area contributed by atoms with Crippen LogP contribution in [0.5, 0.6) is 0 Å². The molecule has 0 aromatic heterocycles. The van der Waals surface area contributed by atoms with Gasteiger partial charge in [0, 0.05) is 31.1 Å². The van der Waals surface area contributed by atoms with Crippen molar-refractivity contribution in [3.63, 3.8) is 0 Å². The lowest BCUT2D eigenvalue weighted by Gasteiger charge is -2.10. The SMILES string of the molecule is O=C(CCSCc1ccccc1)NC[C@@H]1CCCO1. The molecule has 0 aliphatic carbocycles. The van der Waals surface area contributed by atoms with Crippen LogP contribution in [0, 0.1) is 0 Å². The van der Waals surface area contributed by atoms with E-state index in [4.69, 9.17) is 4.74 Å². The molecule has 1 aliphatic rings. The van der Waals surface area contributed by atoms with Crippen LogP contribution in [0.4, 0.5) is 0 Å². The number of carbonyl (C=O) groups is 1. The summed E-state index contributed by atoms with van der Waals surface area (Å²) in [6.07, 6.45) is 3.02. The van der Waals surface area contributed by atoms with Gasteiger partial charge in [-0.1, -0.05) is 30.3 Å². The van der Waals surface area contributed by atoms with Crippen LogP contribution in [0.25, 0.3) is 0 Å². The minimum absolute atomic E-state index is 0.135. The Balaban J connectivity index is 1.51. The highest BCUT2D eigenvalue weighted by Crippen LogP contribution is 2.13. The lowest BCUT2D eigenvalue weighted by Crippen LogP contribution is -2.31. The summed E-state index contributed by atoms with van der Waals surface area (Å²) in [5, 5.41) is 2.95. The van der Waals surface area contributed by atoms with E-state index < -0.39 is 0 Å². The third-order valence-electron chi connectivity index (χ3n) is 3.14. The van der Waals surface area contributed by atoms with Crippen LogP contribution in [0.1, 0.15) is 24.8 Å². The van der Waals surface area contributed by atoms with Crippen LogP contribution in [-0.2, 0) is 15.3 Å². The largest absolute Gasteiger partial charge is 0.376 e. The van der Waals surface area contributed by atoms with Gasteiger partial charge < -0.3 is 10.1 Å². The van der Waals surface area contributed by atoms with Gasteiger partial charge in [0.15, 0.2) is 0 Å². The fourth-order valence-electron chi connectivity index (χ4n) is 2.05. The number of hydrogen-bond donors (Lipinski definition) is 1. The molecule has 1 atom stereocenters. The Morgan fingerprint density at radius 2 is 2.21 bits per heavy atom. The van der Waals surface area contributed by atoms with E-state index in [-0.39, 0.29) is 12.0 Å². The number of carbonyl (C=O) groups excluding carboxylic acids is 1. The summed E-state index contributed by atoms with van der Waals surface area (Å²) < 4.78 is 5.47. The molecule has 2 rings (SSSR count). The quantitative estimate of drug-likeness (QED) is 0.780. The monoisotopic (exact) mass is 279 g/mol. The first-order valence-electron chi connectivity index (χ1n) is 6.84. The van der Waals surface area contributed by atoms with Gasteiger partial charge >= 0.3 is 0 Å². The van der Waals surface area contributed by atoms with E-state index in [1.807, 2.05) is 18.2 Å². The number of hydrogen-bond acceptors (Lipinski definition) is 3. The number of rotatable bonds is 7. The van der Waals surface area contributed by atoms with Gasteiger partial charge in [-0.05, 0) is 18.4 Å². The molecule has 3 nitrogen and oxygen atoms in total. The summed E-state index contributed by atoms with van der Waals surface area (Å²) in [4.78, 5) is 11.6. The van der Waals surface area contributed by atoms with Crippen molar-refractivity contribution in [1.82, 2.24) is 5.32 Å². The van der Waals surface area contributed by atoms with Crippen LogP contribution in [0.2, 0.25) is 0 Å². The molecule has 1 aromatic rings. The van der Waals surface area contributed by atoms with Gasteiger partial charge in [0.2, 0.25) is 5.91 Å². The standard InChI is InChI=1S/C15H21NO2S/c17-15(16-11-14-7-4-9-18-14)8-10-19-12-13-5-2-1-3-6-13/h1-3,5-6,14H,4,7-12H2,(H,16,17)/t14-/m0/s1. The molecular formula is C15H21NO2S. The second-order valence-electron chi connectivity index (χ2n) is 4.73. The Morgan fingerprint density at radius 3 is 2.95 bits per heavy atom. The van der Waals surface area contributed by atoms with Crippen molar-refractivity contribution in [2.75, 3.05) is 18.9 Å². The van der Waals surface area contributed by atoms with Gasteiger partial charge in [-0.15, -0.1) is 0 Å². The highest BCUT2D eigenvalue weighted by molar-refractivity contribution is 7.98. The number of nitrogens with one attached hydrogen (secondary N) is 1. The van der Waals surface area contributed by atoms with Crippen molar-refractivity contribution in [1.29, 1.82) is 0 Å². The minimum Gasteiger partial charge on any atom is -0.376 e. The fraction of sp³-hybridized carbons (Fsp3) is 0.533. The molecule has 1 aliphatic heterocycles. The molecule has 0 bridgehead atoms.